The number of anilines is 1. The first-order valence-electron chi connectivity index (χ1n) is 14.7. The molecule has 20 nitrogen and oxygen atoms in total. The molecule has 2 aliphatic rings. The normalized spacial score (nSPS) is 32.0. The van der Waals surface area contributed by atoms with Gasteiger partial charge in [0.2, 0.25) is 11.8 Å². The highest BCUT2D eigenvalue weighted by Gasteiger charge is 2.48. The molecule has 2 aromatic rings. The second-order valence-corrected chi connectivity index (χ2v) is 11.2. The summed E-state index contributed by atoms with van der Waals surface area (Å²) >= 11 is 0. The number of carbonyl (C=O) groups is 2. The van der Waals surface area contributed by atoms with Crippen molar-refractivity contribution < 1.29 is 34.4 Å². The number of aromatic nitrogens is 4. The molecule has 2 fully saturated rings. The lowest BCUT2D eigenvalue weighted by Gasteiger charge is -2.47. The number of imidazole rings is 1. The summed E-state index contributed by atoms with van der Waals surface area (Å²) in [5.41, 5.74) is 36.4. The quantitative estimate of drug-likeness (QED) is 0.0906. The van der Waals surface area contributed by atoms with Crippen molar-refractivity contribution in [3.8, 4) is 0 Å². The first-order valence-corrected chi connectivity index (χ1v) is 14.7. The molecule has 0 spiro atoms. The fraction of sp³-hybridized carbons (Fsp3) is 0.720. The van der Waals surface area contributed by atoms with E-state index in [9.17, 15) is 24.9 Å². The molecule has 0 radical (unpaired) electrons. The van der Waals surface area contributed by atoms with Gasteiger partial charge in [0.15, 0.2) is 17.8 Å². The van der Waals surface area contributed by atoms with E-state index in [2.05, 4.69) is 25.6 Å². The van der Waals surface area contributed by atoms with Crippen molar-refractivity contribution >= 4 is 28.8 Å². The Morgan fingerprint density at radius 3 is 2.53 bits per heavy atom. The van der Waals surface area contributed by atoms with Crippen molar-refractivity contribution in [2.45, 2.75) is 73.9 Å². The lowest BCUT2D eigenvalue weighted by atomic mass is 9.82. The van der Waals surface area contributed by atoms with Crippen LogP contribution in [-0.2, 0) is 25.6 Å². The molecular weight excluding hydrogens is 594 g/mol. The van der Waals surface area contributed by atoms with Gasteiger partial charge in [0.05, 0.1) is 37.2 Å². The van der Waals surface area contributed by atoms with Gasteiger partial charge in [-0.3, -0.25) is 9.59 Å². The average Bonchev–Trinajstić information content (AvgIpc) is 3.42. The smallest absolute Gasteiger partial charge is 0.243 e. The van der Waals surface area contributed by atoms with E-state index in [0.717, 1.165) is 0 Å². The van der Waals surface area contributed by atoms with Crippen molar-refractivity contribution in [2.75, 3.05) is 45.0 Å². The Hall–Kier alpha value is -3.15. The second kappa shape index (κ2) is 15.4. The van der Waals surface area contributed by atoms with Crippen LogP contribution in [0.1, 0.15) is 6.42 Å². The van der Waals surface area contributed by atoms with Gasteiger partial charge >= 0.3 is 0 Å². The van der Waals surface area contributed by atoms with Gasteiger partial charge in [0.25, 0.3) is 0 Å². The maximum Gasteiger partial charge on any atom is 0.243 e. The zero-order valence-corrected chi connectivity index (χ0v) is 24.8. The molecule has 45 heavy (non-hydrogen) atoms. The number of rotatable bonds is 13. The number of fused-ring (bicyclic) bond motifs is 1. The third-order valence-electron chi connectivity index (χ3n) is 8.05. The summed E-state index contributed by atoms with van der Waals surface area (Å²) in [6, 6.07) is -3.21. The number of nitrogens with one attached hydrogen (secondary N) is 2. The van der Waals surface area contributed by atoms with Crippen LogP contribution >= 0.6 is 0 Å². The number of carbonyl (C=O) groups excluding carboxylic acids is 2. The van der Waals surface area contributed by atoms with Gasteiger partial charge in [-0.2, -0.15) is 0 Å². The fourth-order valence-corrected chi connectivity index (χ4v) is 5.54. The molecule has 3 heterocycles. The largest absolute Gasteiger partial charge is 0.390 e. The summed E-state index contributed by atoms with van der Waals surface area (Å²) in [6.45, 7) is 0.0865. The Kier molecular flexibility index (Phi) is 11.9. The van der Waals surface area contributed by atoms with Gasteiger partial charge in [-0.05, 0) is 6.42 Å². The van der Waals surface area contributed by atoms with E-state index in [4.69, 9.17) is 43.9 Å². The van der Waals surface area contributed by atoms with E-state index >= 15 is 0 Å². The minimum atomic E-state index is -1.36. The summed E-state index contributed by atoms with van der Waals surface area (Å²) in [5.74, 6) is -0.630. The molecule has 1 saturated carbocycles. The van der Waals surface area contributed by atoms with Crippen molar-refractivity contribution in [2.24, 2.45) is 28.7 Å². The fourth-order valence-electron chi connectivity index (χ4n) is 5.54. The highest BCUT2D eigenvalue weighted by Crippen LogP contribution is 2.27. The topological polar surface area (TPSA) is 340 Å². The van der Waals surface area contributed by atoms with Gasteiger partial charge < -0.3 is 79.3 Å². The Labute approximate surface area is 258 Å². The number of amides is 2. The SMILES string of the molecule is NCCN(CC(=O)NCCN[C@H]1[C@@H](O)[C@H](N)C[C@H](N)[C@H]1O[C@H]1O[C@H](CN)[C@@H](O)[C@H](O)[C@H]1N)C(=O)Cn1cnc2c(N)ncnc21. The van der Waals surface area contributed by atoms with Crippen LogP contribution in [0.4, 0.5) is 5.82 Å². The Morgan fingerprint density at radius 1 is 1.07 bits per heavy atom. The van der Waals surface area contributed by atoms with E-state index in [0.29, 0.717) is 11.2 Å². The number of nitrogen functional groups attached to an aromatic ring is 1. The van der Waals surface area contributed by atoms with E-state index < -0.39 is 66.9 Å². The van der Waals surface area contributed by atoms with E-state index in [1.807, 2.05) is 0 Å². The lowest BCUT2D eigenvalue weighted by molar-refractivity contribution is -0.279. The molecule has 252 valence electrons. The predicted molar refractivity (Wildman–Crippen MR) is 159 cm³/mol. The van der Waals surface area contributed by atoms with Crippen LogP contribution in [0.15, 0.2) is 12.7 Å². The molecule has 17 N–H and O–H groups in total. The van der Waals surface area contributed by atoms with Crippen molar-refractivity contribution in [1.29, 1.82) is 0 Å². The number of hydrogen-bond donors (Lipinski definition) is 11. The molecule has 0 unspecified atom stereocenters. The highest BCUT2D eigenvalue weighted by molar-refractivity contribution is 5.86. The molecule has 4 rings (SSSR count). The molecule has 1 saturated heterocycles. The lowest BCUT2D eigenvalue weighted by Crippen LogP contribution is -2.70. The van der Waals surface area contributed by atoms with Crippen molar-refractivity contribution in [3.63, 3.8) is 0 Å². The van der Waals surface area contributed by atoms with Crippen molar-refractivity contribution in [3.05, 3.63) is 12.7 Å². The molecule has 0 bridgehead atoms. The first-order chi connectivity index (χ1) is 21.5. The monoisotopic (exact) mass is 639 g/mol. The number of hydrogen-bond acceptors (Lipinski definition) is 17. The maximum atomic E-state index is 13.0. The molecular formula is C25H45N13O7. The zero-order chi connectivity index (χ0) is 32.8. The standard InChI is InChI=1S/C25H45N13O7/c26-1-4-37(15(40)8-38-10-36-18-23(31)34-9-35-24(18)38)7-14(39)32-2-3-33-17-19(41)11(28)5-12(29)22(17)45-25-16(30)21(43)20(42)13(6-27)44-25/h9-13,16-17,19-22,25,33,41-43H,1-8,26-30H2,(H,32,39)(H2,31,34,35)/t11-,12+,13-,16-,17+,19+,20-,21-,22-,25-/m1/s1. The molecule has 2 amide bonds. The Bertz CT molecular complexity index is 1290. The minimum absolute atomic E-state index is 0.0881. The molecule has 0 aromatic carbocycles. The van der Waals surface area contributed by atoms with Crippen molar-refractivity contribution in [1.82, 2.24) is 35.1 Å². The third-order valence-corrected chi connectivity index (χ3v) is 8.05. The van der Waals surface area contributed by atoms with Crippen LogP contribution in [0, 0.1) is 0 Å². The second-order valence-electron chi connectivity index (χ2n) is 11.2. The van der Waals surface area contributed by atoms with Crippen LogP contribution in [0.2, 0.25) is 0 Å². The van der Waals surface area contributed by atoms with Crippen LogP contribution in [0.3, 0.4) is 0 Å². The zero-order valence-electron chi connectivity index (χ0n) is 24.8. The summed E-state index contributed by atoms with van der Waals surface area (Å²) < 4.78 is 13.3. The Morgan fingerprint density at radius 2 is 1.82 bits per heavy atom. The highest BCUT2D eigenvalue weighted by atomic mass is 16.7. The number of aliphatic hydroxyl groups is 3. The molecule has 1 aliphatic heterocycles. The van der Waals surface area contributed by atoms with Crippen LogP contribution < -0.4 is 45.0 Å². The number of nitrogens with two attached hydrogens (primary N) is 6. The van der Waals surface area contributed by atoms with Gasteiger partial charge in [-0.1, -0.05) is 0 Å². The van der Waals surface area contributed by atoms with Crippen LogP contribution in [0.5, 0.6) is 0 Å². The molecule has 20 heteroatoms. The molecule has 10 atom stereocenters. The van der Waals surface area contributed by atoms with E-state index in [1.165, 1.54) is 22.1 Å². The number of nitrogens with zero attached hydrogens (tertiary/aromatic N) is 5. The first kappa shape index (κ1) is 34.7. The molecule has 2 aromatic heterocycles. The van der Waals surface area contributed by atoms with Crippen LogP contribution in [-0.4, -0.2) is 152 Å². The molecule has 1 aliphatic carbocycles. The van der Waals surface area contributed by atoms with Gasteiger partial charge in [-0.25, -0.2) is 15.0 Å². The summed E-state index contributed by atoms with van der Waals surface area (Å²) in [6.07, 6.45) is -3.76. The predicted octanol–water partition coefficient (Wildman–Crippen LogP) is -7.19. The van der Waals surface area contributed by atoms with E-state index in [-0.39, 0.29) is 64.0 Å². The van der Waals surface area contributed by atoms with Gasteiger partial charge in [0.1, 0.15) is 36.7 Å². The summed E-state index contributed by atoms with van der Waals surface area (Å²) in [5, 5.41) is 37.2. The van der Waals surface area contributed by atoms with Crippen LogP contribution in [0.25, 0.3) is 11.2 Å². The Balaban J connectivity index is 1.31. The number of ether oxygens (including phenoxy) is 2. The summed E-state index contributed by atoms with van der Waals surface area (Å²) in [7, 11) is 0. The summed E-state index contributed by atoms with van der Waals surface area (Å²) in [4.78, 5) is 39.3. The minimum Gasteiger partial charge on any atom is -0.390 e. The average molecular weight is 640 g/mol. The van der Waals surface area contributed by atoms with Gasteiger partial charge in [-0.15, -0.1) is 0 Å². The van der Waals surface area contributed by atoms with E-state index in [1.54, 1.807) is 0 Å². The van der Waals surface area contributed by atoms with Gasteiger partial charge in [0, 0.05) is 44.8 Å². The number of aliphatic hydroxyl groups excluding tert-OH is 3. The maximum absolute atomic E-state index is 13.0. The third kappa shape index (κ3) is 7.99.